The fourth-order valence-corrected chi connectivity index (χ4v) is 4.62. The molecule has 2 aromatic rings. The van der Waals surface area contributed by atoms with Gasteiger partial charge in [0.15, 0.2) is 0 Å². The van der Waals surface area contributed by atoms with Crippen molar-refractivity contribution in [3.8, 4) is 0 Å². The first-order chi connectivity index (χ1) is 12.9. The molecule has 0 spiro atoms. The topological polar surface area (TPSA) is 53.5 Å². The highest BCUT2D eigenvalue weighted by molar-refractivity contribution is 6.08. The molecule has 5 nitrogen and oxygen atoms in total. The van der Waals surface area contributed by atoms with Gasteiger partial charge in [-0.1, -0.05) is 24.5 Å². The number of carbonyl (C=O) groups is 2. The number of amides is 2. The largest absolute Gasteiger partial charge is 0.336 e. The van der Waals surface area contributed by atoms with Crippen molar-refractivity contribution in [2.45, 2.75) is 52.5 Å². The Morgan fingerprint density at radius 3 is 2.52 bits per heavy atom. The van der Waals surface area contributed by atoms with Gasteiger partial charge in [0.05, 0.1) is 11.1 Å². The Morgan fingerprint density at radius 1 is 1.07 bits per heavy atom. The molecule has 0 bridgehead atoms. The summed E-state index contributed by atoms with van der Waals surface area (Å²) in [7, 11) is 0. The van der Waals surface area contributed by atoms with Gasteiger partial charge in [-0.2, -0.15) is 0 Å². The van der Waals surface area contributed by atoms with E-state index in [1.54, 1.807) is 4.90 Å². The predicted octanol–water partition coefficient (Wildman–Crippen LogP) is 3.39. The minimum atomic E-state index is -0.0603. The fraction of sp³-hybridized carbons (Fsp3) is 0.500. The summed E-state index contributed by atoms with van der Waals surface area (Å²) in [5.41, 5.74) is 4.55. The number of rotatable bonds is 2. The Morgan fingerprint density at radius 2 is 1.81 bits per heavy atom. The first-order valence-corrected chi connectivity index (χ1v) is 9.91. The molecule has 0 N–H and O–H groups in total. The van der Waals surface area contributed by atoms with Crippen LogP contribution >= 0.6 is 0 Å². The molecule has 1 aromatic heterocycles. The van der Waals surface area contributed by atoms with Crippen molar-refractivity contribution in [3.05, 3.63) is 40.6 Å². The van der Waals surface area contributed by atoms with Crippen LogP contribution < -0.4 is 0 Å². The third-order valence-electron chi connectivity index (χ3n) is 5.92. The van der Waals surface area contributed by atoms with Crippen LogP contribution in [0.3, 0.4) is 0 Å². The van der Waals surface area contributed by atoms with Crippen LogP contribution in [0.15, 0.2) is 18.2 Å². The number of hydrogen-bond acceptors (Lipinski definition) is 3. The van der Waals surface area contributed by atoms with E-state index in [1.165, 1.54) is 12.8 Å². The quantitative estimate of drug-likeness (QED) is 0.820. The monoisotopic (exact) mass is 365 g/mol. The molecule has 2 amide bonds. The highest BCUT2D eigenvalue weighted by Gasteiger charge is 2.33. The van der Waals surface area contributed by atoms with E-state index in [-0.39, 0.29) is 18.4 Å². The molecule has 2 aliphatic rings. The summed E-state index contributed by atoms with van der Waals surface area (Å²) in [4.78, 5) is 34.3. The van der Waals surface area contributed by atoms with Gasteiger partial charge >= 0.3 is 0 Å². The smallest absolute Gasteiger partial charge is 0.255 e. The lowest BCUT2D eigenvalue weighted by Crippen LogP contribution is -2.54. The summed E-state index contributed by atoms with van der Waals surface area (Å²) >= 11 is 0. The van der Waals surface area contributed by atoms with E-state index < -0.39 is 0 Å². The van der Waals surface area contributed by atoms with Crippen molar-refractivity contribution in [1.29, 1.82) is 0 Å². The van der Waals surface area contributed by atoms with E-state index in [4.69, 9.17) is 0 Å². The second-order valence-electron chi connectivity index (χ2n) is 8.04. The van der Waals surface area contributed by atoms with Gasteiger partial charge in [0.25, 0.3) is 5.91 Å². The van der Waals surface area contributed by atoms with Gasteiger partial charge in [0.1, 0.15) is 6.54 Å². The Kier molecular flexibility index (Phi) is 4.62. The zero-order valence-electron chi connectivity index (χ0n) is 16.4. The third-order valence-corrected chi connectivity index (χ3v) is 5.92. The maximum Gasteiger partial charge on any atom is 0.255 e. The van der Waals surface area contributed by atoms with Crippen LogP contribution in [-0.4, -0.2) is 52.3 Å². The zero-order chi connectivity index (χ0) is 19.1. The van der Waals surface area contributed by atoms with E-state index >= 15 is 0 Å². The van der Waals surface area contributed by atoms with Crippen LogP contribution in [0.4, 0.5) is 0 Å². The molecule has 1 aliphatic carbocycles. The molecular formula is C22H27N3O2. The number of aromatic nitrogens is 1. The van der Waals surface area contributed by atoms with Crippen molar-refractivity contribution in [2.24, 2.45) is 0 Å². The predicted molar refractivity (Wildman–Crippen MR) is 106 cm³/mol. The molecule has 4 rings (SSSR count). The number of fused-ring (bicyclic) bond motifs is 1. The summed E-state index contributed by atoms with van der Waals surface area (Å²) in [5.74, 6) is 0.0267. The highest BCUT2D eigenvalue weighted by Crippen LogP contribution is 2.27. The average Bonchev–Trinajstić information content (AvgIpc) is 3.15. The van der Waals surface area contributed by atoms with E-state index in [2.05, 4.69) is 11.1 Å². The molecule has 2 heterocycles. The van der Waals surface area contributed by atoms with E-state index in [9.17, 15) is 9.59 Å². The van der Waals surface area contributed by atoms with Crippen LogP contribution in [0.5, 0.6) is 0 Å². The lowest BCUT2D eigenvalue weighted by atomic mass is 10.0. The Hall–Kier alpha value is -2.43. The molecule has 5 heteroatoms. The minimum Gasteiger partial charge on any atom is -0.336 e. The third kappa shape index (κ3) is 3.31. The van der Waals surface area contributed by atoms with Gasteiger partial charge in [-0.3, -0.25) is 14.6 Å². The van der Waals surface area contributed by atoms with Crippen LogP contribution in [0.25, 0.3) is 10.9 Å². The van der Waals surface area contributed by atoms with Crippen LogP contribution in [0.1, 0.15) is 52.9 Å². The number of carbonyl (C=O) groups excluding carboxylic acids is 2. The highest BCUT2D eigenvalue weighted by atomic mass is 16.2. The molecule has 1 aliphatic heterocycles. The van der Waals surface area contributed by atoms with E-state index in [0.717, 1.165) is 40.6 Å². The Labute approximate surface area is 160 Å². The van der Waals surface area contributed by atoms with Crippen molar-refractivity contribution in [2.75, 3.05) is 19.6 Å². The van der Waals surface area contributed by atoms with Crippen LogP contribution in [0, 0.1) is 20.8 Å². The van der Waals surface area contributed by atoms with Gasteiger partial charge < -0.3 is 9.80 Å². The molecule has 2 fully saturated rings. The summed E-state index contributed by atoms with van der Waals surface area (Å²) in [5, 5.41) is 0.883. The lowest BCUT2D eigenvalue weighted by Gasteiger charge is -2.38. The average molecular weight is 365 g/mol. The Bertz CT molecular complexity index is 915. The normalized spacial score (nSPS) is 18.6. The molecule has 1 saturated carbocycles. The second-order valence-corrected chi connectivity index (χ2v) is 8.04. The summed E-state index contributed by atoms with van der Waals surface area (Å²) in [6.07, 6.45) is 4.62. The molecule has 1 aromatic carbocycles. The molecule has 1 saturated heterocycles. The number of aryl methyl sites for hydroxylation is 3. The standard InChI is InChI=1S/C22H27N3O2/c1-14-10-15(2)21-18(11-14)19(12-16(3)23-21)22(27)24-8-9-25(20(26)13-24)17-6-4-5-7-17/h10-12,17H,4-9,13H2,1-3H3. The molecular weight excluding hydrogens is 338 g/mol. The molecule has 0 radical (unpaired) electrons. The van der Waals surface area contributed by atoms with Crippen LogP contribution in [0.2, 0.25) is 0 Å². The lowest BCUT2D eigenvalue weighted by molar-refractivity contribution is -0.137. The molecule has 142 valence electrons. The van der Waals surface area contributed by atoms with Gasteiger partial charge in [-0.05, 0) is 51.3 Å². The maximum absolute atomic E-state index is 13.3. The number of hydrogen-bond donors (Lipinski definition) is 0. The number of piperazine rings is 1. The van der Waals surface area contributed by atoms with Crippen molar-refractivity contribution < 1.29 is 9.59 Å². The van der Waals surface area contributed by atoms with Crippen molar-refractivity contribution in [1.82, 2.24) is 14.8 Å². The molecule has 0 atom stereocenters. The minimum absolute atomic E-state index is 0.0603. The first-order valence-electron chi connectivity index (χ1n) is 9.91. The van der Waals surface area contributed by atoms with Crippen molar-refractivity contribution >= 4 is 22.7 Å². The second kappa shape index (κ2) is 6.95. The van der Waals surface area contributed by atoms with Crippen LogP contribution in [-0.2, 0) is 4.79 Å². The SMILES string of the molecule is Cc1cc(C)c2nc(C)cc(C(=O)N3CCN(C4CCCC4)C(=O)C3)c2c1. The van der Waals surface area contributed by atoms with E-state index in [1.807, 2.05) is 37.8 Å². The number of nitrogens with zero attached hydrogens (tertiary/aromatic N) is 3. The summed E-state index contributed by atoms with van der Waals surface area (Å²) in [6.45, 7) is 7.41. The molecule has 27 heavy (non-hydrogen) atoms. The van der Waals surface area contributed by atoms with E-state index in [0.29, 0.717) is 24.7 Å². The first kappa shape index (κ1) is 18.0. The van der Waals surface area contributed by atoms with Gasteiger partial charge in [0, 0.05) is 30.2 Å². The van der Waals surface area contributed by atoms with Gasteiger partial charge in [-0.15, -0.1) is 0 Å². The Balaban J connectivity index is 1.63. The fourth-order valence-electron chi connectivity index (χ4n) is 4.62. The zero-order valence-corrected chi connectivity index (χ0v) is 16.4. The van der Waals surface area contributed by atoms with Gasteiger partial charge in [0.2, 0.25) is 5.91 Å². The van der Waals surface area contributed by atoms with Crippen molar-refractivity contribution in [3.63, 3.8) is 0 Å². The summed E-state index contributed by atoms with van der Waals surface area (Å²) in [6, 6.07) is 6.35. The van der Waals surface area contributed by atoms with Gasteiger partial charge in [-0.25, -0.2) is 0 Å². The summed E-state index contributed by atoms with van der Waals surface area (Å²) < 4.78 is 0. The molecule has 0 unspecified atom stereocenters. The maximum atomic E-state index is 13.3. The number of pyridine rings is 1. The number of benzene rings is 1.